The maximum absolute atomic E-state index is 4.63. The normalized spacial score (nSPS) is 11.4. The van der Waals surface area contributed by atoms with Gasteiger partial charge in [-0.05, 0) is 22.9 Å². The van der Waals surface area contributed by atoms with Crippen LogP contribution in [0.2, 0.25) is 0 Å². The van der Waals surface area contributed by atoms with Crippen molar-refractivity contribution < 1.29 is 4.84 Å². The van der Waals surface area contributed by atoms with E-state index in [9.17, 15) is 0 Å². The van der Waals surface area contributed by atoms with Crippen molar-refractivity contribution in [2.45, 2.75) is 6.92 Å². The summed E-state index contributed by atoms with van der Waals surface area (Å²) in [6, 6.07) is 8.04. The Labute approximate surface area is 80.4 Å². The van der Waals surface area contributed by atoms with Crippen molar-refractivity contribution in [3.05, 3.63) is 35.4 Å². The minimum Gasteiger partial charge on any atom is -0.398 e. The van der Waals surface area contributed by atoms with Crippen LogP contribution in [-0.4, -0.2) is 11.7 Å². The minimum atomic E-state index is 0.713. The summed E-state index contributed by atoms with van der Waals surface area (Å²) in [5.41, 5.74) is 2.25. The fourth-order valence-corrected chi connectivity index (χ4v) is 1.23. The molecule has 1 rings (SSSR count). The van der Waals surface area contributed by atoms with Crippen LogP contribution in [0.1, 0.15) is 11.1 Å². The third kappa shape index (κ3) is 2.34. The highest BCUT2D eigenvalue weighted by molar-refractivity contribution is 9.18. The first-order valence-corrected chi connectivity index (χ1v) is 4.37. The molecule has 0 atom stereocenters. The second-order valence-corrected chi connectivity index (χ2v) is 3.18. The van der Waals surface area contributed by atoms with Crippen LogP contribution >= 0.6 is 15.9 Å². The molecule has 0 aliphatic rings. The number of hydrogen-bond acceptors (Lipinski definition) is 2. The molecule has 0 N–H and O–H groups in total. The standard InChI is InChI=1S/C9H10BrNO/c1-7-3-5-8(6-4-7)9(10)11-12-2/h3-6H,1-2H3/b11-9+. The second-order valence-electron chi connectivity index (χ2n) is 2.43. The number of benzene rings is 1. The molecule has 0 unspecified atom stereocenters. The van der Waals surface area contributed by atoms with Gasteiger partial charge in [0.15, 0.2) is 4.62 Å². The molecule has 1 aromatic carbocycles. The number of oxime groups is 1. The lowest BCUT2D eigenvalue weighted by atomic mass is 10.2. The molecule has 0 radical (unpaired) electrons. The molecule has 0 saturated heterocycles. The van der Waals surface area contributed by atoms with Crippen molar-refractivity contribution in [3.8, 4) is 0 Å². The Morgan fingerprint density at radius 2 is 1.92 bits per heavy atom. The first-order valence-electron chi connectivity index (χ1n) is 3.57. The van der Waals surface area contributed by atoms with Gasteiger partial charge in [-0.25, -0.2) is 0 Å². The molecule has 64 valence electrons. The molecule has 1 aromatic rings. The fraction of sp³-hybridized carbons (Fsp3) is 0.222. The zero-order valence-electron chi connectivity index (χ0n) is 7.04. The SMILES string of the molecule is CO/N=C(/Br)c1ccc(C)cc1. The van der Waals surface area contributed by atoms with E-state index >= 15 is 0 Å². The molecule has 0 saturated carbocycles. The molecule has 0 aliphatic heterocycles. The average molecular weight is 228 g/mol. The van der Waals surface area contributed by atoms with Crippen LogP contribution in [0.15, 0.2) is 29.4 Å². The molecule has 3 heteroatoms. The lowest BCUT2D eigenvalue weighted by Crippen LogP contribution is -1.90. The van der Waals surface area contributed by atoms with Gasteiger partial charge in [-0.1, -0.05) is 35.0 Å². The molecule has 0 heterocycles. The third-order valence-electron chi connectivity index (χ3n) is 1.46. The second kappa shape index (κ2) is 4.26. The highest BCUT2D eigenvalue weighted by Crippen LogP contribution is 2.08. The highest BCUT2D eigenvalue weighted by atomic mass is 79.9. The number of halogens is 1. The summed E-state index contributed by atoms with van der Waals surface area (Å²) < 4.78 is 0.713. The van der Waals surface area contributed by atoms with Gasteiger partial charge in [-0.3, -0.25) is 0 Å². The first kappa shape index (κ1) is 9.26. The minimum absolute atomic E-state index is 0.713. The van der Waals surface area contributed by atoms with Crippen LogP contribution in [0, 0.1) is 6.92 Å². The lowest BCUT2D eigenvalue weighted by molar-refractivity contribution is 0.215. The average Bonchev–Trinajstić information content (AvgIpc) is 2.06. The molecular weight excluding hydrogens is 218 g/mol. The zero-order chi connectivity index (χ0) is 8.97. The summed E-state index contributed by atoms with van der Waals surface area (Å²) in [5, 5.41) is 3.76. The number of hydrogen-bond donors (Lipinski definition) is 0. The van der Waals surface area contributed by atoms with E-state index in [1.807, 2.05) is 31.2 Å². The summed E-state index contributed by atoms with van der Waals surface area (Å²) in [4.78, 5) is 4.63. The Morgan fingerprint density at radius 3 is 2.42 bits per heavy atom. The molecular formula is C9H10BrNO. The van der Waals surface area contributed by atoms with E-state index in [0.717, 1.165) is 5.56 Å². The van der Waals surface area contributed by atoms with Crippen molar-refractivity contribution in [3.63, 3.8) is 0 Å². The third-order valence-corrected chi connectivity index (χ3v) is 2.06. The van der Waals surface area contributed by atoms with Crippen molar-refractivity contribution in [1.82, 2.24) is 0 Å². The Bertz CT molecular complexity index is 279. The van der Waals surface area contributed by atoms with E-state index in [2.05, 4.69) is 25.9 Å². The van der Waals surface area contributed by atoms with Crippen molar-refractivity contribution >= 4 is 20.6 Å². The van der Waals surface area contributed by atoms with E-state index < -0.39 is 0 Å². The molecule has 0 fully saturated rings. The van der Waals surface area contributed by atoms with Crippen LogP contribution in [0.5, 0.6) is 0 Å². The van der Waals surface area contributed by atoms with E-state index in [1.54, 1.807) is 0 Å². The van der Waals surface area contributed by atoms with Gasteiger partial charge in [0.1, 0.15) is 7.11 Å². The van der Waals surface area contributed by atoms with Gasteiger partial charge in [0, 0.05) is 5.56 Å². The molecule has 0 spiro atoms. The van der Waals surface area contributed by atoms with E-state index in [4.69, 9.17) is 0 Å². The van der Waals surface area contributed by atoms with Gasteiger partial charge >= 0.3 is 0 Å². The number of rotatable bonds is 2. The molecule has 2 nitrogen and oxygen atoms in total. The van der Waals surface area contributed by atoms with Crippen LogP contribution in [-0.2, 0) is 4.84 Å². The molecule has 0 bridgehead atoms. The monoisotopic (exact) mass is 227 g/mol. The fourth-order valence-electron chi connectivity index (χ4n) is 0.824. The van der Waals surface area contributed by atoms with Crippen LogP contribution in [0.3, 0.4) is 0 Å². The van der Waals surface area contributed by atoms with Crippen LogP contribution < -0.4 is 0 Å². The largest absolute Gasteiger partial charge is 0.398 e. The van der Waals surface area contributed by atoms with Gasteiger partial charge in [-0.2, -0.15) is 0 Å². The summed E-state index contributed by atoms with van der Waals surface area (Å²) >= 11 is 3.30. The van der Waals surface area contributed by atoms with Gasteiger partial charge < -0.3 is 4.84 Å². The topological polar surface area (TPSA) is 21.6 Å². The van der Waals surface area contributed by atoms with Gasteiger partial charge in [-0.15, -0.1) is 0 Å². The maximum atomic E-state index is 4.63. The molecule has 12 heavy (non-hydrogen) atoms. The van der Waals surface area contributed by atoms with E-state index in [1.165, 1.54) is 12.7 Å². The van der Waals surface area contributed by atoms with Crippen LogP contribution in [0.25, 0.3) is 0 Å². The Morgan fingerprint density at radius 1 is 1.33 bits per heavy atom. The maximum Gasteiger partial charge on any atom is 0.152 e. The Balaban J connectivity index is 2.89. The van der Waals surface area contributed by atoms with Gasteiger partial charge in [0.2, 0.25) is 0 Å². The van der Waals surface area contributed by atoms with Crippen molar-refractivity contribution in [1.29, 1.82) is 0 Å². The highest BCUT2D eigenvalue weighted by Gasteiger charge is 1.97. The summed E-state index contributed by atoms with van der Waals surface area (Å²) in [6.45, 7) is 2.05. The molecule has 0 aromatic heterocycles. The van der Waals surface area contributed by atoms with Gasteiger partial charge in [0.05, 0.1) is 0 Å². The van der Waals surface area contributed by atoms with E-state index in [-0.39, 0.29) is 0 Å². The lowest BCUT2D eigenvalue weighted by Gasteiger charge is -1.97. The number of aryl methyl sites for hydroxylation is 1. The van der Waals surface area contributed by atoms with Gasteiger partial charge in [0.25, 0.3) is 0 Å². The summed E-state index contributed by atoms with van der Waals surface area (Å²) in [6.07, 6.45) is 0. The molecule has 0 amide bonds. The quantitative estimate of drug-likeness (QED) is 0.563. The van der Waals surface area contributed by atoms with Crippen molar-refractivity contribution in [2.75, 3.05) is 7.11 Å². The molecule has 0 aliphatic carbocycles. The first-order chi connectivity index (χ1) is 5.74. The smallest absolute Gasteiger partial charge is 0.152 e. The zero-order valence-corrected chi connectivity index (χ0v) is 8.63. The summed E-state index contributed by atoms with van der Waals surface area (Å²) in [7, 11) is 1.52. The van der Waals surface area contributed by atoms with Crippen molar-refractivity contribution in [2.24, 2.45) is 5.16 Å². The van der Waals surface area contributed by atoms with E-state index in [0.29, 0.717) is 4.62 Å². The van der Waals surface area contributed by atoms with Crippen LogP contribution in [0.4, 0.5) is 0 Å². The summed E-state index contributed by atoms with van der Waals surface area (Å²) in [5.74, 6) is 0. The Kier molecular flexibility index (Phi) is 3.29. The number of nitrogens with zero attached hydrogens (tertiary/aromatic N) is 1. The predicted molar refractivity (Wildman–Crippen MR) is 53.7 cm³/mol. The predicted octanol–water partition coefficient (Wildman–Crippen LogP) is 2.70. The Hall–Kier alpha value is -0.830.